The van der Waals surface area contributed by atoms with Gasteiger partial charge in [-0.25, -0.2) is 19.7 Å². The number of aryl methyl sites for hydroxylation is 2. The summed E-state index contributed by atoms with van der Waals surface area (Å²) in [5, 5.41) is 8.56. The largest absolute Gasteiger partial charge is 0.464 e. The average molecular weight is 457 g/mol. The van der Waals surface area contributed by atoms with E-state index < -0.39 is 5.97 Å². The van der Waals surface area contributed by atoms with Gasteiger partial charge in [0.1, 0.15) is 17.3 Å². The zero-order valence-electron chi connectivity index (χ0n) is 18.9. The Morgan fingerprint density at radius 2 is 2.00 bits per heavy atom. The van der Waals surface area contributed by atoms with Gasteiger partial charge in [-0.1, -0.05) is 0 Å². The van der Waals surface area contributed by atoms with Gasteiger partial charge in [-0.3, -0.25) is 9.48 Å². The molecule has 172 valence electrons. The van der Waals surface area contributed by atoms with E-state index in [0.29, 0.717) is 22.7 Å². The summed E-state index contributed by atoms with van der Waals surface area (Å²) in [5.74, 6) is 0.274. The summed E-state index contributed by atoms with van der Waals surface area (Å²) < 4.78 is 6.47. The van der Waals surface area contributed by atoms with Gasteiger partial charge < -0.3 is 15.8 Å². The van der Waals surface area contributed by atoms with Gasteiger partial charge in [-0.05, 0) is 54.0 Å². The van der Waals surface area contributed by atoms with Gasteiger partial charge in [-0.2, -0.15) is 5.10 Å². The maximum Gasteiger partial charge on any atom is 0.356 e. The number of pyridine rings is 3. The number of hydrogen-bond acceptors (Lipinski definition) is 8. The minimum Gasteiger partial charge on any atom is -0.464 e. The van der Waals surface area contributed by atoms with E-state index in [9.17, 15) is 9.59 Å². The number of ether oxygens (including phenoxy) is 1. The minimum atomic E-state index is -0.506. The molecule has 1 amide bonds. The quantitative estimate of drug-likeness (QED) is 0.436. The van der Waals surface area contributed by atoms with Crippen LogP contribution in [0.15, 0.2) is 43.0 Å². The van der Waals surface area contributed by atoms with Gasteiger partial charge in [0.15, 0.2) is 0 Å². The smallest absolute Gasteiger partial charge is 0.356 e. The number of nitrogens with zero attached hydrogens (tertiary/aromatic N) is 5. The Labute approximate surface area is 195 Å². The Hall–Kier alpha value is -4.34. The predicted molar refractivity (Wildman–Crippen MR) is 126 cm³/mol. The molecule has 1 aliphatic rings. The van der Waals surface area contributed by atoms with Crippen molar-refractivity contribution in [3.63, 3.8) is 0 Å². The number of nitrogens with two attached hydrogens (primary N) is 1. The number of amides is 1. The molecule has 0 saturated heterocycles. The van der Waals surface area contributed by atoms with Crippen LogP contribution in [0.2, 0.25) is 0 Å². The van der Waals surface area contributed by atoms with Crippen molar-refractivity contribution < 1.29 is 14.3 Å². The molecule has 1 aliphatic carbocycles. The highest BCUT2D eigenvalue weighted by Crippen LogP contribution is 2.47. The minimum absolute atomic E-state index is 0.0681. The molecule has 10 heteroatoms. The van der Waals surface area contributed by atoms with Crippen LogP contribution in [0.4, 0.5) is 11.6 Å². The molecule has 10 nitrogen and oxygen atoms in total. The molecule has 0 radical (unpaired) electrons. The molecular formula is C24H23N7O3. The molecule has 0 bridgehead atoms. The summed E-state index contributed by atoms with van der Waals surface area (Å²) in [4.78, 5) is 37.5. The predicted octanol–water partition coefficient (Wildman–Crippen LogP) is 2.84. The van der Waals surface area contributed by atoms with Crippen molar-refractivity contribution in [2.75, 3.05) is 18.2 Å². The number of esters is 1. The normalized spacial score (nSPS) is 16.9. The fraction of sp³-hybridized carbons (Fsp3) is 0.250. The monoisotopic (exact) mass is 457 g/mol. The maximum absolute atomic E-state index is 12.8. The molecule has 3 N–H and O–H groups in total. The molecule has 1 saturated carbocycles. The zero-order valence-corrected chi connectivity index (χ0v) is 18.9. The number of anilines is 2. The average Bonchev–Trinajstić information content (AvgIpc) is 3.51. The maximum atomic E-state index is 12.8. The summed E-state index contributed by atoms with van der Waals surface area (Å²) in [6.07, 6.45) is 7.72. The Morgan fingerprint density at radius 1 is 1.18 bits per heavy atom. The molecular weight excluding hydrogens is 434 g/mol. The van der Waals surface area contributed by atoms with Crippen molar-refractivity contribution in [3.05, 3.63) is 59.8 Å². The lowest BCUT2D eigenvalue weighted by Gasteiger charge is -2.11. The zero-order chi connectivity index (χ0) is 24.0. The third kappa shape index (κ3) is 3.94. The topological polar surface area (TPSA) is 138 Å². The highest BCUT2D eigenvalue weighted by Gasteiger charge is 2.44. The Balaban J connectivity index is 1.40. The van der Waals surface area contributed by atoms with E-state index in [1.807, 2.05) is 26.2 Å². The summed E-state index contributed by atoms with van der Waals surface area (Å²) in [5.41, 5.74) is 9.63. The van der Waals surface area contributed by atoms with Crippen LogP contribution in [0.3, 0.4) is 0 Å². The lowest BCUT2D eigenvalue weighted by Crippen LogP contribution is -2.15. The standard InChI is InChI=1S/C24H23N7O3/c1-12-4-20(24(33)34-3)26-9-17(12)19-5-13-6-21(27-10-18(13)22(25)29-19)30-23(32)16-7-15(16)14-8-28-31(2)11-14/h4-6,8-11,15-16H,7H2,1-3H3,(H2,25,29)(H,27,30,32)/t15-,16?/m1/s1. The molecule has 4 heterocycles. The van der Waals surface area contributed by atoms with Crippen LogP contribution < -0.4 is 11.1 Å². The fourth-order valence-electron chi connectivity index (χ4n) is 4.12. The van der Waals surface area contributed by atoms with Crippen molar-refractivity contribution in [1.29, 1.82) is 0 Å². The summed E-state index contributed by atoms with van der Waals surface area (Å²) in [6.45, 7) is 1.86. The van der Waals surface area contributed by atoms with Gasteiger partial charge in [0, 0.05) is 42.5 Å². The van der Waals surface area contributed by atoms with E-state index in [4.69, 9.17) is 10.5 Å². The summed E-state index contributed by atoms with van der Waals surface area (Å²) in [7, 11) is 3.17. The molecule has 2 atom stereocenters. The van der Waals surface area contributed by atoms with Crippen LogP contribution in [0.1, 0.15) is 34.0 Å². The molecule has 0 aliphatic heterocycles. The third-order valence-corrected chi connectivity index (χ3v) is 6.06. The summed E-state index contributed by atoms with van der Waals surface area (Å²) in [6, 6.07) is 5.29. The van der Waals surface area contributed by atoms with Crippen LogP contribution in [0.5, 0.6) is 0 Å². The van der Waals surface area contributed by atoms with Crippen molar-refractivity contribution in [2.24, 2.45) is 13.0 Å². The second-order valence-electron chi connectivity index (χ2n) is 8.44. The highest BCUT2D eigenvalue weighted by molar-refractivity contribution is 5.99. The Kier molecular flexibility index (Phi) is 5.20. The van der Waals surface area contributed by atoms with E-state index in [-0.39, 0.29) is 23.4 Å². The van der Waals surface area contributed by atoms with Crippen LogP contribution in [-0.4, -0.2) is 43.7 Å². The first-order chi connectivity index (χ1) is 16.3. The van der Waals surface area contributed by atoms with E-state index in [1.54, 1.807) is 35.4 Å². The van der Waals surface area contributed by atoms with Gasteiger partial charge in [0.05, 0.1) is 19.0 Å². The van der Waals surface area contributed by atoms with Crippen molar-refractivity contribution in [3.8, 4) is 11.3 Å². The number of hydrogen-bond donors (Lipinski definition) is 2. The van der Waals surface area contributed by atoms with Crippen LogP contribution in [0.25, 0.3) is 22.0 Å². The van der Waals surface area contributed by atoms with Crippen molar-refractivity contribution in [2.45, 2.75) is 19.3 Å². The fourth-order valence-corrected chi connectivity index (χ4v) is 4.12. The number of aromatic nitrogens is 5. The van der Waals surface area contributed by atoms with Crippen LogP contribution in [-0.2, 0) is 16.6 Å². The van der Waals surface area contributed by atoms with Gasteiger partial charge in [0.2, 0.25) is 5.91 Å². The van der Waals surface area contributed by atoms with Crippen LogP contribution >= 0.6 is 0 Å². The van der Waals surface area contributed by atoms with E-state index >= 15 is 0 Å². The molecule has 0 spiro atoms. The number of nitrogen functional groups attached to an aromatic ring is 1. The molecule has 0 aromatic carbocycles. The number of methoxy groups -OCH3 is 1. The molecule has 34 heavy (non-hydrogen) atoms. The first kappa shape index (κ1) is 21.5. The second-order valence-corrected chi connectivity index (χ2v) is 8.44. The number of carbonyl (C=O) groups is 2. The molecule has 1 unspecified atom stereocenters. The second kappa shape index (κ2) is 8.22. The van der Waals surface area contributed by atoms with Crippen LogP contribution in [0, 0.1) is 12.8 Å². The molecule has 5 rings (SSSR count). The lowest BCUT2D eigenvalue weighted by molar-refractivity contribution is -0.117. The Morgan fingerprint density at radius 3 is 2.71 bits per heavy atom. The third-order valence-electron chi connectivity index (χ3n) is 6.06. The van der Waals surface area contributed by atoms with Crippen molar-refractivity contribution >= 4 is 34.3 Å². The SMILES string of the molecule is COC(=O)c1cc(C)c(-c2cc3cc(NC(=O)C4C[C@@H]4c4cnn(C)c4)ncc3c(N)n2)cn1. The number of carbonyl (C=O) groups excluding carboxylic acids is 2. The molecule has 1 fully saturated rings. The Bertz CT molecular complexity index is 1450. The summed E-state index contributed by atoms with van der Waals surface area (Å²) >= 11 is 0. The lowest BCUT2D eigenvalue weighted by atomic mass is 10.0. The first-order valence-electron chi connectivity index (χ1n) is 10.7. The van der Waals surface area contributed by atoms with Gasteiger partial charge in [-0.15, -0.1) is 0 Å². The van der Waals surface area contributed by atoms with Crippen molar-refractivity contribution in [1.82, 2.24) is 24.7 Å². The highest BCUT2D eigenvalue weighted by atomic mass is 16.5. The van der Waals surface area contributed by atoms with E-state index in [2.05, 4.69) is 25.4 Å². The first-order valence-corrected chi connectivity index (χ1v) is 10.7. The van der Waals surface area contributed by atoms with Gasteiger partial charge >= 0.3 is 5.97 Å². The molecule has 4 aromatic heterocycles. The van der Waals surface area contributed by atoms with E-state index in [0.717, 1.165) is 28.5 Å². The number of nitrogens with one attached hydrogen (secondary N) is 1. The van der Waals surface area contributed by atoms with Gasteiger partial charge in [0.25, 0.3) is 0 Å². The van der Waals surface area contributed by atoms with E-state index in [1.165, 1.54) is 7.11 Å². The number of fused-ring (bicyclic) bond motifs is 1. The molecule has 4 aromatic rings. The number of rotatable bonds is 5.